The van der Waals surface area contributed by atoms with E-state index in [4.69, 9.17) is 0 Å². The van der Waals surface area contributed by atoms with E-state index in [-0.39, 0.29) is 11.8 Å². The molecule has 2 fully saturated rings. The van der Waals surface area contributed by atoms with Gasteiger partial charge in [0.05, 0.1) is 12.1 Å². The van der Waals surface area contributed by atoms with Gasteiger partial charge in [0.1, 0.15) is 0 Å². The number of anilines is 1. The third-order valence-electron chi connectivity index (χ3n) is 4.66. The quantitative estimate of drug-likeness (QED) is 0.875. The van der Waals surface area contributed by atoms with E-state index in [1.54, 1.807) is 0 Å². The number of hydrogen-bond donors (Lipinski definition) is 2. The van der Waals surface area contributed by atoms with Crippen LogP contribution in [0.5, 0.6) is 0 Å². The number of fused-ring (bicyclic) bond motifs is 2. The van der Waals surface area contributed by atoms with Crippen molar-refractivity contribution in [1.82, 2.24) is 15.2 Å². The van der Waals surface area contributed by atoms with Crippen LogP contribution in [0.1, 0.15) is 45.7 Å². The van der Waals surface area contributed by atoms with Crippen LogP contribution < -0.4 is 10.6 Å². The standard InChI is InChI=1S/C17H26N4O2S/c1-17(2,3)15(23)20-16-19-13(10-24-16)8-14(22)21-7-6-11-4-5-12(9-21)18-11/h10-12,18H,4-9H2,1-3H3,(H,19,20,23). The van der Waals surface area contributed by atoms with Gasteiger partial charge in [-0.2, -0.15) is 0 Å². The summed E-state index contributed by atoms with van der Waals surface area (Å²) in [5.41, 5.74) is 0.275. The molecule has 3 heterocycles. The first kappa shape index (κ1) is 17.4. The number of carbonyl (C=O) groups excluding carboxylic acids is 2. The molecule has 3 rings (SSSR count). The fourth-order valence-electron chi connectivity index (χ4n) is 3.17. The number of rotatable bonds is 3. The van der Waals surface area contributed by atoms with E-state index in [9.17, 15) is 9.59 Å². The SMILES string of the molecule is CC(C)(C)C(=O)Nc1nc(CC(=O)N2CCC3CCC(C2)N3)cs1. The van der Waals surface area contributed by atoms with Crippen LogP contribution >= 0.6 is 11.3 Å². The fourth-order valence-corrected chi connectivity index (χ4v) is 3.87. The highest BCUT2D eigenvalue weighted by Gasteiger charge is 2.31. The Bertz CT molecular complexity index is 622. The molecule has 6 nitrogen and oxygen atoms in total. The van der Waals surface area contributed by atoms with Crippen molar-refractivity contribution in [2.24, 2.45) is 5.41 Å². The lowest BCUT2D eigenvalue weighted by atomic mass is 9.96. The van der Waals surface area contributed by atoms with E-state index in [0.29, 0.717) is 23.6 Å². The molecule has 2 aliphatic rings. The monoisotopic (exact) mass is 350 g/mol. The zero-order chi connectivity index (χ0) is 17.3. The highest BCUT2D eigenvalue weighted by molar-refractivity contribution is 7.13. The predicted octanol–water partition coefficient (Wildman–Crippen LogP) is 2.02. The Labute approximate surface area is 147 Å². The van der Waals surface area contributed by atoms with E-state index in [2.05, 4.69) is 15.6 Å². The van der Waals surface area contributed by atoms with Crippen LogP contribution in [0.15, 0.2) is 5.38 Å². The van der Waals surface area contributed by atoms with Gasteiger partial charge in [0, 0.05) is 36.0 Å². The first-order chi connectivity index (χ1) is 11.3. The maximum atomic E-state index is 12.6. The molecule has 132 valence electrons. The summed E-state index contributed by atoms with van der Waals surface area (Å²) in [6.45, 7) is 7.21. The van der Waals surface area contributed by atoms with E-state index >= 15 is 0 Å². The molecule has 2 N–H and O–H groups in total. The van der Waals surface area contributed by atoms with Crippen LogP contribution in [0.3, 0.4) is 0 Å². The second-order valence-corrected chi connectivity index (χ2v) is 8.65. The van der Waals surface area contributed by atoms with Crippen molar-refractivity contribution < 1.29 is 9.59 Å². The molecule has 2 atom stereocenters. The van der Waals surface area contributed by atoms with Crippen molar-refractivity contribution in [1.29, 1.82) is 0 Å². The molecule has 0 radical (unpaired) electrons. The Morgan fingerprint density at radius 3 is 2.83 bits per heavy atom. The zero-order valence-corrected chi connectivity index (χ0v) is 15.4. The Balaban J connectivity index is 1.56. The molecule has 0 aliphatic carbocycles. The van der Waals surface area contributed by atoms with Gasteiger partial charge in [-0.25, -0.2) is 4.98 Å². The first-order valence-corrected chi connectivity index (χ1v) is 9.49. The highest BCUT2D eigenvalue weighted by atomic mass is 32.1. The summed E-state index contributed by atoms with van der Waals surface area (Å²) in [7, 11) is 0. The smallest absolute Gasteiger partial charge is 0.231 e. The van der Waals surface area contributed by atoms with E-state index < -0.39 is 5.41 Å². The molecule has 0 aromatic carbocycles. The number of likely N-dealkylation sites (tertiary alicyclic amines) is 1. The molecule has 7 heteroatoms. The van der Waals surface area contributed by atoms with Crippen molar-refractivity contribution in [3.63, 3.8) is 0 Å². The molecule has 0 saturated carbocycles. The number of amides is 2. The molecule has 2 unspecified atom stereocenters. The van der Waals surface area contributed by atoms with Gasteiger partial charge in [-0.15, -0.1) is 11.3 Å². The summed E-state index contributed by atoms with van der Waals surface area (Å²) < 4.78 is 0. The van der Waals surface area contributed by atoms with Crippen molar-refractivity contribution in [2.45, 2.75) is 58.5 Å². The second kappa shape index (κ2) is 6.80. The molecule has 2 saturated heterocycles. The third kappa shape index (κ3) is 4.13. The summed E-state index contributed by atoms with van der Waals surface area (Å²) in [4.78, 5) is 30.9. The Morgan fingerprint density at radius 2 is 2.08 bits per heavy atom. The molecular weight excluding hydrogens is 324 g/mol. The second-order valence-electron chi connectivity index (χ2n) is 7.79. The summed E-state index contributed by atoms with van der Waals surface area (Å²) >= 11 is 1.37. The molecular formula is C17H26N4O2S. The van der Waals surface area contributed by atoms with Crippen LogP contribution in [-0.2, 0) is 16.0 Å². The topological polar surface area (TPSA) is 74.3 Å². The van der Waals surface area contributed by atoms with Gasteiger partial charge in [0.25, 0.3) is 0 Å². The number of carbonyl (C=O) groups is 2. The Hall–Kier alpha value is -1.47. The van der Waals surface area contributed by atoms with Gasteiger partial charge in [-0.3, -0.25) is 9.59 Å². The van der Waals surface area contributed by atoms with Gasteiger partial charge in [0.15, 0.2) is 5.13 Å². The average molecular weight is 350 g/mol. The lowest BCUT2D eigenvalue weighted by molar-refractivity contribution is -0.130. The molecule has 1 aromatic rings. The molecule has 0 spiro atoms. The van der Waals surface area contributed by atoms with Crippen LogP contribution in [0.25, 0.3) is 0 Å². The van der Waals surface area contributed by atoms with Crippen LogP contribution in [0, 0.1) is 5.41 Å². The van der Waals surface area contributed by atoms with Crippen molar-refractivity contribution in [3.8, 4) is 0 Å². The minimum absolute atomic E-state index is 0.0654. The first-order valence-electron chi connectivity index (χ1n) is 8.61. The number of nitrogens with one attached hydrogen (secondary N) is 2. The third-order valence-corrected chi connectivity index (χ3v) is 5.47. The maximum absolute atomic E-state index is 12.6. The van der Waals surface area contributed by atoms with Crippen LogP contribution in [-0.4, -0.2) is 46.9 Å². The lowest BCUT2D eigenvalue weighted by Gasteiger charge is -2.24. The van der Waals surface area contributed by atoms with Gasteiger partial charge in [0.2, 0.25) is 11.8 Å². The van der Waals surface area contributed by atoms with Crippen molar-refractivity contribution in [2.75, 3.05) is 18.4 Å². The summed E-state index contributed by atoms with van der Waals surface area (Å²) in [5.74, 6) is 0.0627. The highest BCUT2D eigenvalue weighted by Crippen LogP contribution is 2.23. The fraction of sp³-hybridized carbons (Fsp3) is 0.706. The van der Waals surface area contributed by atoms with E-state index in [1.165, 1.54) is 17.8 Å². The Morgan fingerprint density at radius 1 is 1.33 bits per heavy atom. The van der Waals surface area contributed by atoms with Crippen LogP contribution in [0.2, 0.25) is 0 Å². The number of nitrogens with zero attached hydrogens (tertiary/aromatic N) is 2. The van der Waals surface area contributed by atoms with E-state index in [0.717, 1.165) is 31.6 Å². The van der Waals surface area contributed by atoms with E-state index in [1.807, 2.05) is 31.1 Å². The zero-order valence-electron chi connectivity index (χ0n) is 14.6. The number of aromatic nitrogens is 1. The number of thiazole rings is 1. The maximum Gasteiger partial charge on any atom is 0.231 e. The lowest BCUT2D eigenvalue weighted by Crippen LogP contribution is -2.39. The van der Waals surface area contributed by atoms with Crippen LogP contribution in [0.4, 0.5) is 5.13 Å². The predicted molar refractivity (Wildman–Crippen MR) is 95.0 cm³/mol. The van der Waals surface area contributed by atoms with Gasteiger partial charge < -0.3 is 15.5 Å². The van der Waals surface area contributed by atoms with Crippen molar-refractivity contribution >= 4 is 28.3 Å². The van der Waals surface area contributed by atoms with Gasteiger partial charge >= 0.3 is 0 Å². The summed E-state index contributed by atoms with van der Waals surface area (Å²) in [5, 5.41) is 8.83. The normalized spacial score (nSPS) is 23.9. The summed E-state index contributed by atoms with van der Waals surface area (Å²) in [6.07, 6.45) is 3.73. The number of hydrogen-bond acceptors (Lipinski definition) is 5. The minimum Gasteiger partial charge on any atom is -0.341 e. The van der Waals surface area contributed by atoms with Crippen molar-refractivity contribution in [3.05, 3.63) is 11.1 Å². The minimum atomic E-state index is -0.458. The summed E-state index contributed by atoms with van der Waals surface area (Å²) in [6, 6.07) is 1.02. The molecule has 2 bridgehead atoms. The van der Waals surface area contributed by atoms with Gasteiger partial charge in [-0.1, -0.05) is 20.8 Å². The average Bonchev–Trinajstić information content (AvgIpc) is 3.04. The largest absolute Gasteiger partial charge is 0.341 e. The molecule has 2 aliphatic heterocycles. The Kier molecular flexibility index (Phi) is 4.92. The van der Waals surface area contributed by atoms with Gasteiger partial charge in [-0.05, 0) is 19.3 Å². The molecule has 24 heavy (non-hydrogen) atoms. The molecule has 1 aromatic heterocycles. The molecule has 2 amide bonds.